The van der Waals surface area contributed by atoms with E-state index < -0.39 is 0 Å². The Kier molecular flexibility index (Phi) is 5.93. The molecule has 1 atom stereocenters. The lowest BCUT2D eigenvalue weighted by Gasteiger charge is -2.33. The molecule has 3 heterocycles. The molecule has 1 fully saturated rings. The number of benzene rings is 1. The van der Waals surface area contributed by atoms with Crippen LogP contribution in [0.4, 0.5) is 16.0 Å². The Hall–Kier alpha value is -3.35. The second kappa shape index (κ2) is 8.79. The van der Waals surface area contributed by atoms with Crippen molar-refractivity contribution >= 4 is 22.5 Å². The smallest absolute Gasteiger partial charge is 0.150 e. The maximum Gasteiger partial charge on any atom is 0.150 e. The molecular weight excluding hydrogens is 395 g/mol. The molecule has 1 aromatic carbocycles. The van der Waals surface area contributed by atoms with Crippen molar-refractivity contribution in [2.75, 3.05) is 44.3 Å². The fourth-order valence-corrected chi connectivity index (χ4v) is 3.82. The van der Waals surface area contributed by atoms with Crippen LogP contribution in [0.5, 0.6) is 0 Å². The number of nitrogens with zero attached hydrogens (tertiary/aromatic N) is 6. The molecule has 0 amide bonds. The molecule has 0 bridgehead atoms. The number of nitriles is 1. The second-order valence-electron chi connectivity index (χ2n) is 7.90. The van der Waals surface area contributed by atoms with Crippen LogP contribution >= 0.6 is 0 Å². The highest BCUT2D eigenvalue weighted by molar-refractivity contribution is 5.80. The molecule has 1 aliphatic rings. The number of rotatable bonds is 5. The average Bonchev–Trinajstić information content (AvgIpc) is 2.75. The maximum atomic E-state index is 13.8. The monoisotopic (exact) mass is 420 g/mol. The largest absolute Gasteiger partial charge is 0.382 e. The topological polar surface area (TPSA) is 107 Å². The van der Waals surface area contributed by atoms with Gasteiger partial charge in [-0.3, -0.25) is 9.88 Å². The van der Waals surface area contributed by atoms with Crippen LogP contribution in [-0.4, -0.2) is 58.0 Å². The third-order valence-corrected chi connectivity index (χ3v) is 5.67. The van der Waals surface area contributed by atoms with Crippen molar-refractivity contribution in [1.82, 2.24) is 24.8 Å². The molecule has 0 aliphatic carbocycles. The van der Waals surface area contributed by atoms with Crippen LogP contribution in [0.2, 0.25) is 0 Å². The lowest BCUT2D eigenvalue weighted by atomic mass is 10.0. The van der Waals surface area contributed by atoms with Gasteiger partial charge in [-0.2, -0.15) is 5.26 Å². The molecule has 9 heteroatoms. The Morgan fingerprint density at radius 3 is 2.74 bits per heavy atom. The van der Waals surface area contributed by atoms with Crippen LogP contribution in [0, 0.1) is 17.1 Å². The van der Waals surface area contributed by atoms with Crippen molar-refractivity contribution in [2.45, 2.75) is 19.5 Å². The maximum absolute atomic E-state index is 13.8. The van der Waals surface area contributed by atoms with Crippen molar-refractivity contribution in [1.29, 1.82) is 5.26 Å². The number of aromatic nitrogens is 3. The summed E-state index contributed by atoms with van der Waals surface area (Å²) >= 11 is 0. The predicted molar refractivity (Wildman–Crippen MR) is 118 cm³/mol. The van der Waals surface area contributed by atoms with E-state index in [0.29, 0.717) is 17.9 Å². The van der Waals surface area contributed by atoms with Gasteiger partial charge in [0.1, 0.15) is 35.4 Å². The number of fused-ring (bicyclic) bond motifs is 1. The highest BCUT2D eigenvalue weighted by atomic mass is 19.1. The number of nitrogens with one attached hydrogen (secondary N) is 1. The van der Waals surface area contributed by atoms with Gasteiger partial charge in [0.15, 0.2) is 0 Å². The van der Waals surface area contributed by atoms with Crippen molar-refractivity contribution in [2.24, 2.45) is 0 Å². The van der Waals surface area contributed by atoms with Gasteiger partial charge in [0.05, 0.1) is 17.3 Å². The lowest BCUT2D eigenvalue weighted by Crippen LogP contribution is -2.44. The van der Waals surface area contributed by atoms with Gasteiger partial charge in [-0.25, -0.2) is 14.4 Å². The summed E-state index contributed by atoms with van der Waals surface area (Å²) in [4.78, 5) is 17.5. The Balaban J connectivity index is 1.70. The van der Waals surface area contributed by atoms with Crippen LogP contribution in [0.3, 0.4) is 0 Å². The molecule has 0 radical (unpaired) electrons. The van der Waals surface area contributed by atoms with Crippen LogP contribution in [0.15, 0.2) is 30.6 Å². The SMILES string of the molecule is CC(Nc1ncnc(N)c1C#N)c1cc2ccc(F)cc2nc1CN1CCN(C)CC1. The van der Waals surface area contributed by atoms with E-state index in [9.17, 15) is 9.65 Å². The number of halogens is 1. The molecule has 0 spiro atoms. The summed E-state index contributed by atoms with van der Waals surface area (Å²) in [6, 6.07) is 8.51. The van der Waals surface area contributed by atoms with E-state index >= 15 is 0 Å². The predicted octanol–water partition coefficient (Wildman–Crippen LogP) is 2.54. The molecule has 0 saturated carbocycles. The lowest BCUT2D eigenvalue weighted by molar-refractivity contribution is 0.146. The van der Waals surface area contributed by atoms with Gasteiger partial charge in [-0.15, -0.1) is 0 Å². The zero-order valence-corrected chi connectivity index (χ0v) is 17.6. The molecule has 3 aromatic rings. The molecular formula is C22H25FN8. The molecule has 1 unspecified atom stereocenters. The van der Waals surface area contributed by atoms with Gasteiger partial charge in [-0.05, 0) is 37.7 Å². The standard InChI is InChI=1S/C22H25FN8/c1-14(28-22-18(11-24)21(25)26-13-27-22)17-9-15-3-4-16(23)10-19(15)29-20(17)12-31-7-5-30(2)6-8-31/h3-4,9-10,13-14H,5-8,12H2,1-2H3,(H3,25,26,27,28). The zero-order valence-electron chi connectivity index (χ0n) is 17.6. The summed E-state index contributed by atoms with van der Waals surface area (Å²) in [5, 5.41) is 13.6. The third-order valence-electron chi connectivity index (χ3n) is 5.67. The number of piperazine rings is 1. The van der Waals surface area contributed by atoms with Gasteiger partial charge in [-0.1, -0.05) is 0 Å². The van der Waals surface area contributed by atoms with Crippen molar-refractivity contribution in [3.8, 4) is 6.07 Å². The summed E-state index contributed by atoms with van der Waals surface area (Å²) in [7, 11) is 2.12. The van der Waals surface area contributed by atoms with Crippen molar-refractivity contribution in [3.05, 3.63) is 53.2 Å². The fraction of sp³-hybridized carbons (Fsp3) is 0.364. The summed E-state index contributed by atoms with van der Waals surface area (Å²) in [5.41, 5.74) is 8.52. The molecule has 3 N–H and O–H groups in total. The molecule has 1 aliphatic heterocycles. The quantitative estimate of drug-likeness (QED) is 0.649. The van der Waals surface area contributed by atoms with E-state index in [-0.39, 0.29) is 23.2 Å². The number of anilines is 2. The summed E-state index contributed by atoms with van der Waals surface area (Å²) in [6.45, 7) is 6.54. The molecule has 2 aromatic heterocycles. The van der Waals surface area contributed by atoms with Crippen LogP contribution < -0.4 is 11.1 Å². The van der Waals surface area contributed by atoms with E-state index in [1.807, 2.05) is 13.0 Å². The van der Waals surface area contributed by atoms with Gasteiger partial charge in [0, 0.05) is 44.2 Å². The number of pyridine rings is 1. The molecule has 31 heavy (non-hydrogen) atoms. The zero-order chi connectivity index (χ0) is 22.0. The van der Waals surface area contributed by atoms with Gasteiger partial charge < -0.3 is 16.0 Å². The number of hydrogen-bond acceptors (Lipinski definition) is 8. The molecule has 8 nitrogen and oxygen atoms in total. The Morgan fingerprint density at radius 1 is 1.23 bits per heavy atom. The van der Waals surface area contributed by atoms with E-state index in [4.69, 9.17) is 10.7 Å². The van der Waals surface area contributed by atoms with Crippen LogP contribution in [-0.2, 0) is 6.54 Å². The van der Waals surface area contributed by atoms with E-state index in [2.05, 4.69) is 38.2 Å². The molecule has 160 valence electrons. The molecule has 1 saturated heterocycles. The van der Waals surface area contributed by atoms with Gasteiger partial charge in [0.25, 0.3) is 0 Å². The fourth-order valence-electron chi connectivity index (χ4n) is 3.82. The van der Waals surface area contributed by atoms with Crippen molar-refractivity contribution in [3.63, 3.8) is 0 Å². The van der Waals surface area contributed by atoms with E-state index in [1.54, 1.807) is 6.07 Å². The number of nitrogens with two attached hydrogens (primary N) is 1. The first-order valence-electron chi connectivity index (χ1n) is 10.2. The first-order valence-corrected chi connectivity index (χ1v) is 10.2. The first kappa shape index (κ1) is 20.9. The highest BCUT2D eigenvalue weighted by Crippen LogP contribution is 2.28. The number of nitrogen functional groups attached to an aromatic ring is 1. The number of hydrogen-bond donors (Lipinski definition) is 2. The van der Waals surface area contributed by atoms with Crippen LogP contribution in [0.1, 0.15) is 29.8 Å². The van der Waals surface area contributed by atoms with Gasteiger partial charge in [0.2, 0.25) is 0 Å². The van der Waals surface area contributed by atoms with Gasteiger partial charge >= 0.3 is 0 Å². The first-order chi connectivity index (χ1) is 14.9. The summed E-state index contributed by atoms with van der Waals surface area (Å²) < 4.78 is 13.8. The second-order valence-corrected chi connectivity index (χ2v) is 7.90. The minimum absolute atomic E-state index is 0.136. The summed E-state index contributed by atoms with van der Waals surface area (Å²) in [6.07, 6.45) is 1.33. The van der Waals surface area contributed by atoms with Crippen LogP contribution in [0.25, 0.3) is 10.9 Å². The Labute approximate surface area is 180 Å². The minimum Gasteiger partial charge on any atom is -0.382 e. The third kappa shape index (κ3) is 4.55. The number of likely N-dealkylation sites (N-methyl/N-ethyl adjacent to an activating group) is 1. The molecule has 4 rings (SSSR count). The van der Waals surface area contributed by atoms with E-state index in [1.165, 1.54) is 18.5 Å². The Bertz CT molecular complexity index is 1130. The highest BCUT2D eigenvalue weighted by Gasteiger charge is 2.21. The van der Waals surface area contributed by atoms with E-state index in [0.717, 1.165) is 42.8 Å². The normalized spacial score (nSPS) is 16.2. The summed E-state index contributed by atoms with van der Waals surface area (Å²) in [5.74, 6) is 0.212. The average molecular weight is 420 g/mol. The van der Waals surface area contributed by atoms with Crippen molar-refractivity contribution < 1.29 is 4.39 Å². The Morgan fingerprint density at radius 2 is 2.00 bits per heavy atom. The minimum atomic E-state index is -0.306.